The SMILES string of the molecule is N#CCc1nc(C(F)F)c(C#N)cc1CBr. The Balaban J connectivity index is 3.37. The van der Waals surface area contributed by atoms with Crippen molar-refractivity contribution in [1.29, 1.82) is 10.5 Å². The number of nitrogens with zero attached hydrogens (tertiary/aromatic N) is 3. The zero-order valence-electron chi connectivity index (χ0n) is 8.04. The molecule has 0 N–H and O–H groups in total. The molecule has 0 bridgehead atoms. The molecule has 0 saturated carbocycles. The molecule has 0 aliphatic heterocycles. The van der Waals surface area contributed by atoms with Gasteiger partial charge < -0.3 is 0 Å². The molecule has 0 atom stereocenters. The molecule has 0 aromatic carbocycles. The highest BCUT2D eigenvalue weighted by Crippen LogP contribution is 2.24. The van der Waals surface area contributed by atoms with Crippen LogP contribution in [0.1, 0.15) is 28.9 Å². The Bertz CT molecular complexity index is 474. The average Bonchev–Trinajstić information content (AvgIpc) is 2.28. The summed E-state index contributed by atoms with van der Waals surface area (Å²) in [5.74, 6) is 0. The van der Waals surface area contributed by atoms with Gasteiger partial charge >= 0.3 is 0 Å². The third kappa shape index (κ3) is 2.53. The Kier molecular flexibility index (Phi) is 4.33. The van der Waals surface area contributed by atoms with E-state index in [4.69, 9.17) is 10.5 Å². The number of rotatable bonds is 3. The number of hydrogen-bond acceptors (Lipinski definition) is 3. The van der Waals surface area contributed by atoms with Gasteiger partial charge in [0, 0.05) is 5.33 Å². The van der Waals surface area contributed by atoms with Gasteiger partial charge in [0.05, 0.1) is 23.7 Å². The molecule has 0 amide bonds. The van der Waals surface area contributed by atoms with Crippen LogP contribution in [0.25, 0.3) is 0 Å². The fourth-order valence-electron chi connectivity index (χ4n) is 1.21. The van der Waals surface area contributed by atoms with Gasteiger partial charge in [0.2, 0.25) is 0 Å². The predicted molar refractivity (Wildman–Crippen MR) is 55.9 cm³/mol. The van der Waals surface area contributed by atoms with Crippen molar-refractivity contribution in [2.75, 3.05) is 0 Å². The van der Waals surface area contributed by atoms with Crippen LogP contribution in [0.2, 0.25) is 0 Å². The highest BCUT2D eigenvalue weighted by Gasteiger charge is 2.18. The number of pyridine rings is 1. The molecule has 1 aromatic heterocycles. The standard InChI is InChI=1S/C10H6BrF2N3/c11-4-6-3-7(5-15)9(10(12)13)16-8(6)1-2-14/h3,10H,1,4H2. The minimum atomic E-state index is -2.81. The van der Waals surface area contributed by atoms with E-state index in [1.807, 2.05) is 6.07 Å². The van der Waals surface area contributed by atoms with Crippen LogP contribution in [-0.2, 0) is 11.8 Å². The van der Waals surface area contributed by atoms with E-state index in [1.165, 1.54) is 6.07 Å². The average molecular weight is 286 g/mol. The maximum Gasteiger partial charge on any atom is 0.281 e. The summed E-state index contributed by atoms with van der Waals surface area (Å²) < 4.78 is 25.1. The lowest BCUT2D eigenvalue weighted by Gasteiger charge is -2.08. The van der Waals surface area contributed by atoms with Gasteiger partial charge in [-0.2, -0.15) is 10.5 Å². The van der Waals surface area contributed by atoms with E-state index >= 15 is 0 Å². The molecule has 1 aromatic rings. The summed E-state index contributed by atoms with van der Waals surface area (Å²) in [7, 11) is 0. The van der Waals surface area contributed by atoms with Crippen molar-refractivity contribution in [2.45, 2.75) is 18.2 Å². The molecule has 0 aliphatic carbocycles. The normalized spacial score (nSPS) is 9.88. The van der Waals surface area contributed by atoms with Gasteiger partial charge in [0.15, 0.2) is 0 Å². The third-order valence-corrected chi connectivity index (χ3v) is 2.54. The maximum absolute atomic E-state index is 12.6. The molecule has 1 rings (SSSR count). The number of aromatic nitrogens is 1. The smallest absolute Gasteiger partial charge is 0.249 e. The molecule has 0 aliphatic rings. The van der Waals surface area contributed by atoms with Crippen LogP contribution >= 0.6 is 15.9 Å². The fraction of sp³-hybridized carbons (Fsp3) is 0.300. The van der Waals surface area contributed by atoms with Crippen LogP contribution in [0.15, 0.2) is 6.07 Å². The van der Waals surface area contributed by atoms with Crippen molar-refractivity contribution in [3.63, 3.8) is 0 Å². The van der Waals surface area contributed by atoms with Gasteiger partial charge in [0.25, 0.3) is 6.43 Å². The quantitative estimate of drug-likeness (QED) is 0.803. The first kappa shape index (κ1) is 12.5. The summed E-state index contributed by atoms with van der Waals surface area (Å²) >= 11 is 3.16. The first-order valence-corrected chi connectivity index (χ1v) is 5.40. The van der Waals surface area contributed by atoms with Crippen LogP contribution < -0.4 is 0 Å². The molecule has 0 unspecified atom stereocenters. The minimum absolute atomic E-state index is 0.0492. The zero-order chi connectivity index (χ0) is 12.1. The lowest BCUT2D eigenvalue weighted by atomic mass is 10.1. The molecular formula is C10H6BrF2N3. The topological polar surface area (TPSA) is 60.5 Å². The second-order valence-corrected chi connectivity index (χ2v) is 3.47. The zero-order valence-corrected chi connectivity index (χ0v) is 9.63. The highest BCUT2D eigenvalue weighted by atomic mass is 79.9. The Morgan fingerprint density at radius 3 is 2.56 bits per heavy atom. The largest absolute Gasteiger partial charge is 0.281 e. The number of hydrogen-bond donors (Lipinski definition) is 0. The monoisotopic (exact) mass is 285 g/mol. The van der Waals surface area contributed by atoms with Crippen LogP contribution in [0.4, 0.5) is 8.78 Å². The van der Waals surface area contributed by atoms with E-state index < -0.39 is 12.1 Å². The third-order valence-electron chi connectivity index (χ3n) is 1.94. The second-order valence-electron chi connectivity index (χ2n) is 2.91. The van der Waals surface area contributed by atoms with E-state index in [0.717, 1.165) is 0 Å². The summed E-state index contributed by atoms with van der Waals surface area (Å²) in [6.07, 6.45) is -2.86. The first-order chi connectivity index (χ1) is 7.63. The summed E-state index contributed by atoms with van der Waals surface area (Å²) in [5, 5.41) is 17.6. The summed E-state index contributed by atoms with van der Waals surface area (Å²) in [6.45, 7) is 0. The Hall–Kier alpha value is -1.53. The fourth-order valence-corrected chi connectivity index (χ4v) is 1.69. The lowest BCUT2D eigenvalue weighted by molar-refractivity contribution is 0.145. The van der Waals surface area contributed by atoms with Crippen molar-refractivity contribution in [3.8, 4) is 12.1 Å². The minimum Gasteiger partial charge on any atom is -0.249 e. The summed E-state index contributed by atoms with van der Waals surface area (Å²) in [6, 6.07) is 4.87. The molecule has 0 fully saturated rings. The summed E-state index contributed by atoms with van der Waals surface area (Å²) in [4.78, 5) is 3.68. The number of alkyl halides is 3. The van der Waals surface area contributed by atoms with Crippen LogP contribution in [0.5, 0.6) is 0 Å². The van der Waals surface area contributed by atoms with Crippen molar-refractivity contribution >= 4 is 15.9 Å². The van der Waals surface area contributed by atoms with E-state index in [2.05, 4.69) is 20.9 Å². The van der Waals surface area contributed by atoms with Gasteiger partial charge in [-0.3, -0.25) is 0 Å². The Morgan fingerprint density at radius 1 is 1.44 bits per heavy atom. The van der Waals surface area contributed by atoms with Crippen LogP contribution in [0, 0.1) is 22.7 Å². The lowest BCUT2D eigenvalue weighted by Crippen LogP contribution is -2.03. The van der Waals surface area contributed by atoms with Crippen molar-refractivity contribution < 1.29 is 8.78 Å². The van der Waals surface area contributed by atoms with E-state index in [9.17, 15) is 8.78 Å². The van der Waals surface area contributed by atoms with E-state index in [-0.39, 0.29) is 17.7 Å². The van der Waals surface area contributed by atoms with Gasteiger partial charge in [-0.05, 0) is 11.6 Å². The number of nitriles is 2. The molecule has 0 saturated heterocycles. The van der Waals surface area contributed by atoms with Crippen molar-refractivity contribution in [1.82, 2.24) is 4.98 Å². The predicted octanol–water partition coefficient (Wildman–Crippen LogP) is 2.85. The molecule has 6 heteroatoms. The highest BCUT2D eigenvalue weighted by molar-refractivity contribution is 9.08. The number of halogens is 3. The molecular weight excluding hydrogens is 280 g/mol. The second kappa shape index (κ2) is 5.53. The van der Waals surface area contributed by atoms with E-state index in [1.54, 1.807) is 6.07 Å². The van der Waals surface area contributed by atoms with Gasteiger partial charge in [0.1, 0.15) is 11.8 Å². The van der Waals surface area contributed by atoms with Gasteiger partial charge in [-0.25, -0.2) is 13.8 Å². The molecule has 16 heavy (non-hydrogen) atoms. The molecule has 82 valence electrons. The summed E-state index contributed by atoms with van der Waals surface area (Å²) in [5.41, 5.74) is 0.166. The van der Waals surface area contributed by atoms with Gasteiger partial charge in [-0.1, -0.05) is 15.9 Å². The van der Waals surface area contributed by atoms with Crippen LogP contribution in [-0.4, -0.2) is 4.98 Å². The Morgan fingerprint density at radius 2 is 2.12 bits per heavy atom. The molecule has 3 nitrogen and oxygen atoms in total. The molecule has 1 heterocycles. The molecule has 0 radical (unpaired) electrons. The van der Waals surface area contributed by atoms with Gasteiger partial charge in [-0.15, -0.1) is 0 Å². The van der Waals surface area contributed by atoms with Crippen LogP contribution in [0.3, 0.4) is 0 Å². The van der Waals surface area contributed by atoms with E-state index in [0.29, 0.717) is 10.9 Å². The molecule has 0 spiro atoms. The van der Waals surface area contributed by atoms with Crippen molar-refractivity contribution in [3.05, 3.63) is 28.6 Å². The first-order valence-electron chi connectivity index (χ1n) is 4.27. The van der Waals surface area contributed by atoms with Crippen molar-refractivity contribution in [2.24, 2.45) is 0 Å². The Labute approximate surface area is 99.5 Å². The maximum atomic E-state index is 12.6.